The smallest absolute Gasteiger partial charge is 0.268 e. The maximum Gasteiger partial charge on any atom is 0.268 e. The summed E-state index contributed by atoms with van der Waals surface area (Å²) in [6.45, 7) is 4.25. The third kappa shape index (κ3) is 6.29. The Hall–Kier alpha value is -3.04. The highest BCUT2D eigenvalue weighted by atomic mass is 35.5. The van der Waals surface area contributed by atoms with Crippen molar-refractivity contribution in [2.75, 3.05) is 18.9 Å². The number of hydrogen-bond donors (Lipinski definition) is 3. The summed E-state index contributed by atoms with van der Waals surface area (Å²) in [5.41, 5.74) is 3.48. The van der Waals surface area contributed by atoms with Crippen molar-refractivity contribution in [2.45, 2.75) is 65.2 Å². The number of fused-ring (bicyclic) bond motifs is 1. The van der Waals surface area contributed by atoms with Crippen LogP contribution in [0.2, 0.25) is 5.02 Å². The fourth-order valence-corrected chi connectivity index (χ4v) is 9.24. The summed E-state index contributed by atoms with van der Waals surface area (Å²) in [6, 6.07) is 11.5. The predicted octanol–water partition coefficient (Wildman–Crippen LogP) is 5.84. The van der Waals surface area contributed by atoms with Crippen LogP contribution >= 0.6 is 11.6 Å². The van der Waals surface area contributed by atoms with E-state index in [0.29, 0.717) is 42.9 Å². The quantitative estimate of drug-likeness (QED) is 0.231. The molecule has 3 N–H and O–H groups in total. The molecule has 3 aromatic rings. The first-order valence-corrected chi connectivity index (χ1v) is 17.4. The third-order valence-electron chi connectivity index (χ3n) is 9.71. The highest BCUT2D eigenvalue weighted by Crippen LogP contribution is 2.60. The van der Waals surface area contributed by atoms with Crippen LogP contribution < -0.4 is 14.8 Å². The minimum absolute atomic E-state index is 0.102. The van der Waals surface area contributed by atoms with Gasteiger partial charge in [-0.05, 0) is 118 Å². The topological polar surface area (TPSA) is 117 Å². The number of benzene rings is 2. The van der Waals surface area contributed by atoms with Crippen molar-refractivity contribution in [3.05, 3.63) is 63.8 Å². The number of aryl methyl sites for hydroxylation is 3. The average molecular weight is 626 g/mol. The van der Waals surface area contributed by atoms with E-state index in [1.54, 1.807) is 0 Å². The fourth-order valence-electron chi connectivity index (χ4n) is 8.16. The molecule has 0 unspecified atom stereocenters. The van der Waals surface area contributed by atoms with E-state index in [9.17, 15) is 18.0 Å². The van der Waals surface area contributed by atoms with Crippen molar-refractivity contribution in [1.82, 2.24) is 15.0 Å². The molecule has 230 valence electrons. The van der Waals surface area contributed by atoms with Gasteiger partial charge in [-0.25, -0.2) is 8.42 Å². The number of para-hydroxylation sites is 1. The number of H-pyrrole nitrogens is 1. The normalized spacial score (nSPS) is 24.3. The second-order valence-electron chi connectivity index (χ2n) is 13.1. The Labute approximate surface area is 258 Å². The number of hydrogen-bond acceptors (Lipinski definition) is 5. The van der Waals surface area contributed by atoms with Gasteiger partial charge in [0.1, 0.15) is 11.4 Å². The van der Waals surface area contributed by atoms with Crippen LogP contribution in [0, 0.1) is 37.0 Å². The molecule has 0 aliphatic heterocycles. The van der Waals surface area contributed by atoms with Gasteiger partial charge in [0.2, 0.25) is 15.9 Å². The number of aromatic nitrogens is 1. The molecule has 4 saturated carbocycles. The molecule has 10 heteroatoms. The zero-order chi connectivity index (χ0) is 30.4. The molecule has 7 rings (SSSR count). The first kappa shape index (κ1) is 30.0. The Morgan fingerprint density at radius 1 is 1.02 bits per heavy atom. The second kappa shape index (κ2) is 11.8. The molecule has 0 saturated heterocycles. The number of carbonyl (C=O) groups is 2. The molecule has 1 heterocycles. The molecule has 0 atom stereocenters. The van der Waals surface area contributed by atoms with Gasteiger partial charge in [0.05, 0.1) is 17.8 Å². The molecule has 2 amide bonds. The molecule has 8 nitrogen and oxygen atoms in total. The van der Waals surface area contributed by atoms with Gasteiger partial charge in [0, 0.05) is 22.5 Å². The van der Waals surface area contributed by atoms with Crippen LogP contribution in [0.5, 0.6) is 5.75 Å². The number of amides is 2. The highest BCUT2D eigenvalue weighted by molar-refractivity contribution is 7.90. The van der Waals surface area contributed by atoms with Gasteiger partial charge in [-0.1, -0.05) is 29.8 Å². The maximum atomic E-state index is 13.3. The molecule has 0 radical (unpaired) electrons. The second-order valence-corrected chi connectivity index (χ2v) is 15.3. The molecule has 4 aliphatic carbocycles. The van der Waals surface area contributed by atoms with Crippen LogP contribution in [0.4, 0.5) is 0 Å². The van der Waals surface area contributed by atoms with Crippen LogP contribution in [0.3, 0.4) is 0 Å². The van der Waals surface area contributed by atoms with E-state index in [0.717, 1.165) is 57.6 Å². The van der Waals surface area contributed by atoms with Gasteiger partial charge >= 0.3 is 0 Å². The van der Waals surface area contributed by atoms with E-state index in [4.69, 9.17) is 16.3 Å². The Bertz CT molecular complexity index is 1610. The monoisotopic (exact) mass is 625 g/mol. The number of nitrogens with one attached hydrogen (secondary N) is 3. The zero-order valence-electron chi connectivity index (χ0n) is 24.8. The highest BCUT2D eigenvalue weighted by Gasteiger charge is 2.55. The third-order valence-corrected chi connectivity index (χ3v) is 11.5. The molecule has 43 heavy (non-hydrogen) atoms. The van der Waals surface area contributed by atoms with E-state index >= 15 is 0 Å². The molecule has 0 spiro atoms. The van der Waals surface area contributed by atoms with Gasteiger partial charge in [-0.3, -0.25) is 14.3 Å². The fraction of sp³-hybridized carbons (Fsp3) is 0.515. The minimum Gasteiger partial charge on any atom is -0.494 e. The number of aromatic amines is 1. The molecular formula is C33H40ClN3O5S. The minimum atomic E-state index is -3.89. The van der Waals surface area contributed by atoms with E-state index < -0.39 is 15.4 Å². The first-order chi connectivity index (χ1) is 20.5. The summed E-state index contributed by atoms with van der Waals surface area (Å²) in [6.07, 6.45) is 7.19. The van der Waals surface area contributed by atoms with Crippen molar-refractivity contribution < 1.29 is 22.7 Å². The summed E-state index contributed by atoms with van der Waals surface area (Å²) in [5.74, 6) is 1.30. The van der Waals surface area contributed by atoms with Gasteiger partial charge in [-0.2, -0.15) is 0 Å². The zero-order valence-corrected chi connectivity index (χ0v) is 26.4. The van der Waals surface area contributed by atoms with Gasteiger partial charge in [0.15, 0.2) is 0 Å². The average Bonchev–Trinajstić information content (AvgIpc) is 3.31. The van der Waals surface area contributed by atoms with E-state index in [-0.39, 0.29) is 24.1 Å². The molecule has 4 bridgehead atoms. The Morgan fingerprint density at radius 3 is 2.30 bits per heavy atom. The van der Waals surface area contributed by atoms with Gasteiger partial charge in [0.25, 0.3) is 5.91 Å². The Kier molecular flexibility index (Phi) is 8.24. The molecule has 4 aliphatic rings. The largest absolute Gasteiger partial charge is 0.494 e. The van der Waals surface area contributed by atoms with Crippen molar-refractivity contribution in [1.29, 1.82) is 0 Å². The summed E-state index contributed by atoms with van der Waals surface area (Å²) in [4.78, 5) is 29.7. The van der Waals surface area contributed by atoms with E-state index in [2.05, 4.69) is 15.0 Å². The number of rotatable bonds is 11. The van der Waals surface area contributed by atoms with E-state index in [1.165, 1.54) is 19.3 Å². The standard InChI is InChI=1S/C33H40ClN3O5S/c1-20-12-25(13-21(2)29(20)34)42-10-5-7-27-26-6-3-4-8-28(26)36-30(27)31(38)35-9-11-43(40,41)37-32(39)33-17-22-14-23(18-33)16-24(15-22)19-33/h3-4,6,8,12-13,22-24,36H,5,7,9-11,14-19H2,1-2H3,(H,35,38)(H,37,39). The predicted molar refractivity (Wildman–Crippen MR) is 168 cm³/mol. The molecular weight excluding hydrogens is 586 g/mol. The van der Waals surface area contributed by atoms with Crippen LogP contribution in [-0.2, 0) is 21.2 Å². The molecule has 4 fully saturated rings. The van der Waals surface area contributed by atoms with Gasteiger partial charge < -0.3 is 15.0 Å². The van der Waals surface area contributed by atoms with Crippen molar-refractivity contribution >= 4 is 44.3 Å². The van der Waals surface area contributed by atoms with Crippen LogP contribution in [0.1, 0.15) is 72.1 Å². The number of carbonyl (C=O) groups excluding carboxylic acids is 2. The Morgan fingerprint density at radius 2 is 1.65 bits per heavy atom. The lowest BCUT2D eigenvalue weighted by molar-refractivity contribution is -0.144. The number of ether oxygens (including phenoxy) is 1. The molecule has 1 aromatic heterocycles. The Balaban J connectivity index is 1.05. The van der Waals surface area contributed by atoms with Crippen molar-refractivity contribution in [3.63, 3.8) is 0 Å². The lowest BCUT2D eigenvalue weighted by Crippen LogP contribution is -2.55. The lowest BCUT2D eigenvalue weighted by atomic mass is 9.49. The lowest BCUT2D eigenvalue weighted by Gasteiger charge is -2.55. The summed E-state index contributed by atoms with van der Waals surface area (Å²) in [5, 5.41) is 4.44. The summed E-state index contributed by atoms with van der Waals surface area (Å²) in [7, 11) is -3.89. The maximum absolute atomic E-state index is 13.3. The summed E-state index contributed by atoms with van der Waals surface area (Å²) < 4.78 is 34.1. The number of halogens is 1. The van der Waals surface area contributed by atoms with Gasteiger partial charge in [-0.15, -0.1) is 0 Å². The van der Waals surface area contributed by atoms with Crippen molar-refractivity contribution in [3.8, 4) is 5.75 Å². The van der Waals surface area contributed by atoms with Crippen LogP contribution in [-0.4, -0.2) is 44.1 Å². The van der Waals surface area contributed by atoms with Crippen LogP contribution in [0.15, 0.2) is 36.4 Å². The molecule has 2 aromatic carbocycles. The summed E-state index contributed by atoms with van der Waals surface area (Å²) >= 11 is 6.27. The van der Waals surface area contributed by atoms with Crippen LogP contribution in [0.25, 0.3) is 10.9 Å². The van der Waals surface area contributed by atoms with E-state index in [1.807, 2.05) is 50.2 Å². The SMILES string of the molecule is Cc1cc(OCCCc2c(C(=O)NCCS(=O)(=O)NC(=O)C34CC5CC(CC(C5)C3)C4)[nH]c3ccccc23)cc(C)c1Cl. The first-order valence-electron chi connectivity index (χ1n) is 15.3. The number of sulfonamides is 1. The van der Waals surface area contributed by atoms with Crippen molar-refractivity contribution in [2.24, 2.45) is 23.2 Å².